The molecule has 5 heteroatoms. The van der Waals surface area contributed by atoms with E-state index in [1.165, 1.54) is 0 Å². The Labute approximate surface area is 95.8 Å². The molecule has 2 N–H and O–H groups in total. The van der Waals surface area contributed by atoms with E-state index in [2.05, 4.69) is 5.32 Å². The zero-order chi connectivity index (χ0) is 12.1. The first-order chi connectivity index (χ1) is 7.54. The van der Waals surface area contributed by atoms with Crippen molar-refractivity contribution in [2.45, 2.75) is 45.2 Å². The third-order valence-corrected chi connectivity index (χ3v) is 2.87. The van der Waals surface area contributed by atoms with Crippen molar-refractivity contribution in [1.82, 2.24) is 10.2 Å². The highest BCUT2D eigenvalue weighted by Crippen LogP contribution is 2.19. The Balaban J connectivity index is 2.36. The fraction of sp³-hybridized carbons (Fsp3) is 0.818. The molecule has 0 aromatic heterocycles. The highest BCUT2D eigenvalue weighted by molar-refractivity contribution is 5.82. The summed E-state index contributed by atoms with van der Waals surface area (Å²) in [5.41, 5.74) is 0. The molecule has 0 saturated heterocycles. The van der Waals surface area contributed by atoms with Gasteiger partial charge in [-0.1, -0.05) is 6.92 Å². The normalized spacial score (nSPS) is 17.2. The van der Waals surface area contributed by atoms with Gasteiger partial charge in [-0.3, -0.25) is 14.5 Å². The number of aliphatic carboxylic acids is 1. The summed E-state index contributed by atoms with van der Waals surface area (Å²) in [6, 6.07) is 0.109. The van der Waals surface area contributed by atoms with Crippen molar-refractivity contribution in [1.29, 1.82) is 0 Å². The zero-order valence-electron chi connectivity index (χ0n) is 9.90. The fourth-order valence-electron chi connectivity index (χ4n) is 1.58. The van der Waals surface area contributed by atoms with Crippen molar-refractivity contribution in [2.24, 2.45) is 0 Å². The first-order valence-electron chi connectivity index (χ1n) is 5.80. The highest BCUT2D eigenvalue weighted by Gasteiger charge is 2.27. The van der Waals surface area contributed by atoms with Crippen LogP contribution >= 0.6 is 0 Å². The molecule has 0 bridgehead atoms. The minimum Gasteiger partial charge on any atom is -0.481 e. The van der Waals surface area contributed by atoms with Crippen LogP contribution in [0.1, 0.15) is 33.1 Å². The summed E-state index contributed by atoms with van der Waals surface area (Å²) in [6.45, 7) is 4.86. The summed E-state index contributed by atoms with van der Waals surface area (Å²) >= 11 is 0. The summed E-state index contributed by atoms with van der Waals surface area (Å²) in [6.07, 6.45) is 2.22. The van der Waals surface area contributed by atoms with E-state index in [0.717, 1.165) is 12.8 Å². The first-order valence-corrected chi connectivity index (χ1v) is 5.80. The van der Waals surface area contributed by atoms with Gasteiger partial charge in [-0.25, -0.2) is 0 Å². The topological polar surface area (TPSA) is 69.6 Å². The van der Waals surface area contributed by atoms with Gasteiger partial charge in [0.15, 0.2) is 0 Å². The van der Waals surface area contributed by atoms with Crippen LogP contribution in [0, 0.1) is 0 Å². The van der Waals surface area contributed by atoms with Gasteiger partial charge in [-0.15, -0.1) is 0 Å². The van der Waals surface area contributed by atoms with Gasteiger partial charge < -0.3 is 10.4 Å². The molecular formula is C11H20N2O3. The van der Waals surface area contributed by atoms with Gasteiger partial charge in [-0.2, -0.15) is 0 Å². The largest absolute Gasteiger partial charge is 0.481 e. The van der Waals surface area contributed by atoms with Crippen LogP contribution in [0.3, 0.4) is 0 Å². The molecule has 1 aliphatic rings. The summed E-state index contributed by atoms with van der Waals surface area (Å²) in [5.74, 6) is -0.817. The maximum atomic E-state index is 11.7. The van der Waals surface area contributed by atoms with Crippen LogP contribution in [0.4, 0.5) is 0 Å². The second-order valence-electron chi connectivity index (χ2n) is 4.23. The van der Waals surface area contributed by atoms with Crippen molar-refractivity contribution in [3.8, 4) is 0 Å². The number of nitrogens with zero attached hydrogens (tertiary/aromatic N) is 1. The van der Waals surface area contributed by atoms with Crippen LogP contribution in [-0.4, -0.2) is 47.1 Å². The van der Waals surface area contributed by atoms with Crippen molar-refractivity contribution in [2.75, 3.05) is 13.1 Å². The van der Waals surface area contributed by atoms with Crippen molar-refractivity contribution < 1.29 is 14.7 Å². The highest BCUT2D eigenvalue weighted by atomic mass is 16.4. The average molecular weight is 228 g/mol. The van der Waals surface area contributed by atoms with E-state index >= 15 is 0 Å². The van der Waals surface area contributed by atoms with Gasteiger partial charge in [0.1, 0.15) is 0 Å². The minimum atomic E-state index is -0.826. The van der Waals surface area contributed by atoms with Crippen LogP contribution in [0.5, 0.6) is 0 Å². The van der Waals surface area contributed by atoms with Gasteiger partial charge in [0.05, 0.1) is 12.5 Å². The number of nitrogens with one attached hydrogen (secondary N) is 1. The second kappa shape index (κ2) is 5.84. The predicted molar refractivity (Wildman–Crippen MR) is 60.1 cm³/mol. The Kier molecular flexibility index (Phi) is 4.73. The van der Waals surface area contributed by atoms with Crippen LogP contribution in [0.2, 0.25) is 0 Å². The molecule has 0 radical (unpaired) electrons. The molecule has 0 spiro atoms. The maximum Gasteiger partial charge on any atom is 0.304 e. The number of rotatable bonds is 7. The third kappa shape index (κ3) is 4.18. The molecule has 1 fully saturated rings. The number of hydrogen-bond donors (Lipinski definition) is 2. The van der Waals surface area contributed by atoms with Gasteiger partial charge in [0.2, 0.25) is 5.91 Å². The van der Waals surface area contributed by atoms with Crippen LogP contribution in [0.25, 0.3) is 0 Å². The number of hydrogen-bond acceptors (Lipinski definition) is 3. The van der Waals surface area contributed by atoms with E-state index in [4.69, 9.17) is 5.11 Å². The van der Waals surface area contributed by atoms with E-state index in [1.54, 1.807) is 0 Å². The van der Waals surface area contributed by atoms with Crippen molar-refractivity contribution in [3.05, 3.63) is 0 Å². The number of likely N-dealkylation sites (N-methyl/N-ethyl adjacent to an activating group) is 1. The number of carboxylic acids is 1. The molecule has 1 amide bonds. The first kappa shape index (κ1) is 13.0. The lowest BCUT2D eigenvalue weighted by molar-refractivity contribution is -0.138. The van der Waals surface area contributed by atoms with E-state index in [0.29, 0.717) is 19.1 Å². The molecule has 1 rings (SSSR count). The summed E-state index contributed by atoms with van der Waals surface area (Å²) in [5, 5.41) is 11.5. The lowest BCUT2D eigenvalue weighted by Crippen LogP contribution is -2.46. The Hall–Kier alpha value is -1.10. The lowest BCUT2D eigenvalue weighted by atomic mass is 10.2. The van der Waals surface area contributed by atoms with Gasteiger partial charge >= 0.3 is 5.97 Å². The number of carboxylic acid groups (broad SMARTS) is 1. The van der Waals surface area contributed by atoms with Gasteiger partial charge in [0, 0.05) is 12.6 Å². The van der Waals surface area contributed by atoms with E-state index < -0.39 is 5.97 Å². The van der Waals surface area contributed by atoms with Crippen LogP contribution in [-0.2, 0) is 9.59 Å². The van der Waals surface area contributed by atoms with E-state index in [-0.39, 0.29) is 18.4 Å². The number of carbonyl (C=O) groups excluding carboxylic acids is 1. The Morgan fingerprint density at radius 2 is 2.12 bits per heavy atom. The van der Waals surface area contributed by atoms with E-state index in [1.807, 2.05) is 18.7 Å². The smallest absolute Gasteiger partial charge is 0.304 e. The van der Waals surface area contributed by atoms with Gasteiger partial charge in [0.25, 0.3) is 0 Å². The number of amides is 1. The summed E-state index contributed by atoms with van der Waals surface area (Å²) in [4.78, 5) is 24.1. The molecule has 92 valence electrons. The second-order valence-corrected chi connectivity index (χ2v) is 4.23. The van der Waals surface area contributed by atoms with Crippen LogP contribution in [0.15, 0.2) is 0 Å². The molecule has 16 heavy (non-hydrogen) atoms. The molecule has 0 aromatic carbocycles. The Bertz CT molecular complexity index is 264. The molecule has 5 nitrogen and oxygen atoms in total. The molecular weight excluding hydrogens is 208 g/mol. The predicted octanol–water partition coefficient (Wildman–Crippen LogP) is 0.450. The molecule has 0 aliphatic heterocycles. The summed E-state index contributed by atoms with van der Waals surface area (Å²) < 4.78 is 0. The van der Waals surface area contributed by atoms with Gasteiger partial charge in [-0.05, 0) is 26.3 Å². The van der Waals surface area contributed by atoms with Crippen LogP contribution < -0.4 is 5.32 Å². The lowest BCUT2D eigenvalue weighted by Gasteiger charge is -2.26. The molecule has 0 heterocycles. The van der Waals surface area contributed by atoms with Crippen molar-refractivity contribution in [3.63, 3.8) is 0 Å². The molecule has 1 aliphatic carbocycles. The zero-order valence-corrected chi connectivity index (χ0v) is 9.90. The van der Waals surface area contributed by atoms with E-state index in [9.17, 15) is 9.59 Å². The summed E-state index contributed by atoms with van der Waals surface area (Å²) in [7, 11) is 0. The molecule has 1 saturated carbocycles. The monoisotopic (exact) mass is 228 g/mol. The molecule has 1 unspecified atom stereocenters. The maximum absolute atomic E-state index is 11.7. The Morgan fingerprint density at radius 3 is 2.56 bits per heavy atom. The SMILES string of the molecule is CCN(CCC(=O)O)C(C)C(=O)NC1CC1. The average Bonchev–Trinajstić information content (AvgIpc) is 3.01. The standard InChI is InChI=1S/C11H20N2O3/c1-3-13(7-6-10(14)15)8(2)11(16)12-9-4-5-9/h8-9H,3-7H2,1-2H3,(H,12,16)(H,14,15). The quantitative estimate of drug-likeness (QED) is 0.664. The number of carbonyl (C=O) groups is 2. The Morgan fingerprint density at radius 1 is 1.50 bits per heavy atom. The molecule has 0 aromatic rings. The minimum absolute atomic E-state index is 0.00902. The third-order valence-electron chi connectivity index (χ3n) is 2.87. The molecule has 1 atom stereocenters. The van der Waals surface area contributed by atoms with Crippen molar-refractivity contribution >= 4 is 11.9 Å². The fourth-order valence-corrected chi connectivity index (χ4v) is 1.58.